The van der Waals surface area contributed by atoms with Gasteiger partial charge in [0.1, 0.15) is 5.75 Å². The van der Waals surface area contributed by atoms with Crippen molar-refractivity contribution in [2.24, 2.45) is 0 Å². The lowest BCUT2D eigenvalue weighted by Gasteiger charge is -2.36. The zero-order valence-corrected chi connectivity index (χ0v) is 21.3. The summed E-state index contributed by atoms with van der Waals surface area (Å²) in [5, 5.41) is 9.66. The number of anilines is 1. The van der Waals surface area contributed by atoms with Crippen LogP contribution in [0.15, 0.2) is 84.0 Å². The van der Waals surface area contributed by atoms with Gasteiger partial charge in [0.2, 0.25) is 5.91 Å². The number of rotatable bonds is 7. The van der Waals surface area contributed by atoms with E-state index in [9.17, 15) is 4.79 Å². The van der Waals surface area contributed by atoms with Crippen LogP contribution < -0.4 is 9.64 Å². The minimum atomic E-state index is 0.116. The third-order valence-corrected chi connectivity index (χ3v) is 7.25. The molecule has 0 radical (unpaired) electrons. The molecule has 1 aromatic heterocycles. The summed E-state index contributed by atoms with van der Waals surface area (Å²) in [6.45, 7) is 5.03. The van der Waals surface area contributed by atoms with Crippen molar-refractivity contribution >= 4 is 23.4 Å². The molecule has 0 unspecified atom stereocenters. The first-order valence-electron chi connectivity index (χ1n) is 12.0. The topological polar surface area (TPSA) is 63.5 Å². The number of aryl methyl sites for hydroxylation is 1. The fraction of sp³-hybridized carbons (Fsp3) is 0.250. The van der Waals surface area contributed by atoms with Crippen molar-refractivity contribution in [2.75, 3.05) is 43.9 Å². The van der Waals surface area contributed by atoms with Crippen molar-refractivity contribution in [2.45, 2.75) is 12.1 Å². The molecule has 0 saturated carbocycles. The summed E-state index contributed by atoms with van der Waals surface area (Å²) in [7, 11) is 1.68. The average molecular weight is 500 g/mol. The Morgan fingerprint density at radius 2 is 1.61 bits per heavy atom. The zero-order valence-electron chi connectivity index (χ0n) is 20.5. The first-order chi connectivity index (χ1) is 17.6. The number of nitrogens with zero attached hydrogens (tertiary/aromatic N) is 5. The number of carbonyl (C=O) groups excluding carboxylic acids is 1. The van der Waals surface area contributed by atoms with Crippen LogP contribution in [0, 0.1) is 6.92 Å². The molecule has 1 saturated heterocycles. The fourth-order valence-corrected chi connectivity index (χ4v) is 5.16. The molecule has 0 bridgehead atoms. The Balaban J connectivity index is 1.27. The molecule has 0 atom stereocenters. The highest BCUT2D eigenvalue weighted by molar-refractivity contribution is 7.99. The zero-order chi connectivity index (χ0) is 24.9. The second-order valence-corrected chi connectivity index (χ2v) is 9.64. The molecule has 1 amide bonds. The average Bonchev–Trinajstić information content (AvgIpc) is 3.36. The lowest BCUT2D eigenvalue weighted by Crippen LogP contribution is -2.49. The van der Waals surface area contributed by atoms with Gasteiger partial charge in [0, 0.05) is 49.2 Å². The van der Waals surface area contributed by atoms with Gasteiger partial charge in [-0.3, -0.25) is 9.36 Å². The standard InChI is InChI=1S/C28H29N5O2S/c1-21-11-13-22(14-12-21)27-29-30-28(33(27)23-7-4-3-5-8-23)36-20-26(34)32-17-15-31(16-18-32)24-9-6-10-25(19-24)35-2/h3-14,19H,15-18,20H2,1-2H3. The number of methoxy groups -OCH3 is 1. The number of hydrogen-bond acceptors (Lipinski definition) is 6. The van der Waals surface area contributed by atoms with Gasteiger partial charge in [0.25, 0.3) is 0 Å². The fourth-order valence-electron chi connectivity index (χ4n) is 4.30. The Labute approximate surface area is 215 Å². The summed E-state index contributed by atoms with van der Waals surface area (Å²) in [6, 6.07) is 26.4. The highest BCUT2D eigenvalue weighted by Crippen LogP contribution is 2.29. The second kappa shape index (κ2) is 10.9. The summed E-state index contributed by atoms with van der Waals surface area (Å²) in [5.41, 5.74) is 4.27. The first-order valence-corrected chi connectivity index (χ1v) is 13.0. The Morgan fingerprint density at radius 3 is 2.33 bits per heavy atom. The van der Waals surface area contributed by atoms with Gasteiger partial charge in [-0.25, -0.2) is 0 Å². The highest BCUT2D eigenvalue weighted by atomic mass is 32.2. The number of hydrogen-bond donors (Lipinski definition) is 0. The number of carbonyl (C=O) groups is 1. The molecule has 0 spiro atoms. The van der Waals surface area contributed by atoms with Crippen molar-refractivity contribution in [1.82, 2.24) is 19.7 Å². The van der Waals surface area contributed by atoms with E-state index < -0.39 is 0 Å². The molecule has 4 aromatic rings. The van der Waals surface area contributed by atoms with Crippen LogP contribution in [0.4, 0.5) is 5.69 Å². The normalized spacial score (nSPS) is 13.6. The maximum Gasteiger partial charge on any atom is 0.233 e. The molecule has 1 aliphatic rings. The predicted molar refractivity (Wildman–Crippen MR) is 144 cm³/mol. The molecule has 8 heteroatoms. The number of piperazine rings is 1. The molecule has 36 heavy (non-hydrogen) atoms. The van der Waals surface area contributed by atoms with Crippen LogP contribution in [-0.2, 0) is 4.79 Å². The molecule has 5 rings (SSSR count). The van der Waals surface area contributed by atoms with Gasteiger partial charge in [-0.05, 0) is 31.2 Å². The van der Waals surface area contributed by atoms with Crippen LogP contribution in [-0.4, -0.2) is 64.6 Å². The van der Waals surface area contributed by atoms with Crippen LogP contribution in [0.25, 0.3) is 17.1 Å². The minimum Gasteiger partial charge on any atom is -0.497 e. The molecule has 2 heterocycles. The number of thioether (sulfide) groups is 1. The van der Waals surface area contributed by atoms with E-state index in [2.05, 4.69) is 52.4 Å². The maximum atomic E-state index is 13.1. The summed E-state index contributed by atoms with van der Waals surface area (Å²) in [4.78, 5) is 17.3. The lowest BCUT2D eigenvalue weighted by atomic mass is 10.1. The van der Waals surface area contributed by atoms with Gasteiger partial charge in [-0.15, -0.1) is 10.2 Å². The van der Waals surface area contributed by atoms with E-state index in [1.54, 1.807) is 7.11 Å². The number of amides is 1. The number of benzene rings is 3. The van der Waals surface area contributed by atoms with Gasteiger partial charge in [0.05, 0.1) is 12.9 Å². The molecule has 1 fully saturated rings. The number of aromatic nitrogens is 3. The predicted octanol–water partition coefficient (Wildman–Crippen LogP) is 4.69. The van der Waals surface area contributed by atoms with Crippen molar-refractivity contribution in [3.63, 3.8) is 0 Å². The molecule has 0 N–H and O–H groups in total. The van der Waals surface area contributed by atoms with Crippen molar-refractivity contribution in [1.29, 1.82) is 0 Å². The van der Waals surface area contributed by atoms with E-state index in [1.165, 1.54) is 17.3 Å². The van der Waals surface area contributed by atoms with Crippen LogP contribution in [0.3, 0.4) is 0 Å². The van der Waals surface area contributed by atoms with E-state index in [-0.39, 0.29) is 5.91 Å². The summed E-state index contributed by atoms with van der Waals surface area (Å²) < 4.78 is 7.38. The van der Waals surface area contributed by atoms with Crippen molar-refractivity contribution in [3.05, 3.63) is 84.4 Å². The first kappa shape index (κ1) is 23.9. The summed E-state index contributed by atoms with van der Waals surface area (Å²) >= 11 is 1.43. The molecule has 184 valence electrons. The minimum absolute atomic E-state index is 0.116. The Morgan fingerprint density at radius 1 is 0.889 bits per heavy atom. The second-order valence-electron chi connectivity index (χ2n) is 8.70. The van der Waals surface area contributed by atoms with Crippen molar-refractivity contribution in [3.8, 4) is 22.8 Å². The molecule has 3 aromatic carbocycles. The largest absolute Gasteiger partial charge is 0.497 e. The Kier molecular flexibility index (Phi) is 7.23. The summed E-state index contributed by atoms with van der Waals surface area (Å²) in [6.07, 6.45) is 0. The maximum absolute atomic E-state index is 13.1. The molecular weight excluding hydrogens is 470 g/mol. The van der Waals surface area contributed by atoms with Crippen LogP contribution in [0.5, 0.6) is 5.75 Å². The molecular formula is C28H29N5O2S. The Hall–Kier alpha value is -3.78. The highest BCUT2D eigenvalue weighted by Gasteiger charge is 2.23. The molecule has 7 nitrogen and oxygen atoms in total. The molecule has 1 aliphatic heterocycles. The van der Waals surface area contributed by atoms with Crippen LogP contribution >= 0.6 is 11.8 Å². The van der Waals surface area contributed by atoms with Gasteiger partial charge < -0.3 is 14.5 Å². The van der Waals surface area contributed by atoms with Gasteiger partial charge in [-0.2, -0.15) is 0 Å². The van der Waals surface area contributed by atoms with E-state index in [0.29, 0.717) is 24.0 Å². The van der Waals surface area contributed by atoms with Gasteiger partial charge in [-0.1, -0.05) is 65.9 Å². The number of ether oxygens (including phenoxy) is 1. The van der Waals surface area contributed by atoms with E-state index in [1.807, 2.05) is 58.0 Å². The Bertz CT molecular complexity index is 1320. The van der Waals surface area contributed by atoms with Crippen LogP contribution in [0.2, 0.25) is 0 Å². The van der Waals surface area contributed by atoms with Gasteiger partial charge >= 0.3 is 0 Å². The van der Waals surface area contributed by atoms with E-state index in [0.717, 1.165) is 41.6 Å². The molecule has 0 aliphatic carbocycles. The number of para-hydroxylation sites is 1. The van der Waals surface area contributed by atoms with E-state index >= 15 is 0 Å². The quantitative estimate of drug-likeness (QED) is 0.344. The third-order valence-electron chi connectivity index (χ3n) is 6.33. The van der Waals surface area contributed by atoms with Crippen LogP contribution in [0.1, 0.15) is 5.56 Å². The van der Waals surface area contributed by atoms with Gasteiger partial charge in [0.15, 0.2) is 11.0 Å². The summed E-state index contributed by atoms with van der Waals surface area (Å²) in [5.74, 6) is 2.04. The monoisotopic (exact) mass is 499 g/mol. The smallest absolute Gasteiger partial charge is 0.233 e. The lowest BCUT2D eigenvalue weighted by molar-refractivity contribution is -0.128. The third kappa shape index (κ3) is 5.23. The van der Waals surface area contributed by atoms with Crippen molar-refractivity contribution < 1.29 is 9.53 Å². The SMILES string of the molecule is COc1cccc(N2CCN(C(=O)CSc3nnc(-c4ccc(C)cc4)n3-c3ccccc3)CC2)c1. The van der Waals surface area contributed by atoms with E-state index in [4.69, 9.17) is 4.74 Å².